The molecule has 6 nitrogen and oxygen atoms in total. The predicted octanol–water partition coefficient (Wildman–Crippen LogP) is 1.17. The summed E-state index contributed by atoms with van der Waals surface area (Å²) in [6, 6.07) is 3.14. The van der Waals surface area contributed by atoms with Crippen LogP contribution in [0.3, 0.4) is 0 Å². The lowest BCUT2D eigenvalue weighted by atomic mass is 9.86. The summed E-state index contributed by atoms with van der Waals surface area (Å²) < 4.78 is 30.3. The predicted molar refractivity (Wildman–Crippen MR) is 79.3 cm³/mol. The van der Waals surface area contributed by atoms with Crippen LogP contribution in [0, 0.1) is 5.92 Å². The molecule has 1 aromatic rings. The van der Waals surface area contributed by atoms with Crippen molar-refractivity contribution in [3.63, 3.8) is 0 Å². The van der Waals surface area contributed by atoms with E-state index in [-0.39, 0.29) is 17.1 Å². The number of rotatable bonds is 6. The number of hydrogen-bond donors (Lipinski definition) is 2. The van der Waals surface area contributed by atoms with E-state index in [2.05, 4.69) is 5.32 Å². The van der Waals surface area contributed by atoms with Gasteiger partial charge in [-0.3, -0.25) is 0 Å². The summed E-state index contributed by atoms with van der Waals surface area (Å²) in [6.45, 7) is 1.18. The first-order valence-corrected chi connectivity index (χ1v) is 8.75. The zero-order valence-corrected chi connectivity index (χ0v) is 13.4. The molecule has 1 aliphatic carbocycles. The van der Waals surface area contributed by atoms with Gasteiger partial charge >= 0.3 is 0 Å². The molecule has 1 aromatic heterocycles. The molecule has 1 fully saturated rings. The monoisotopic (exact) mass is 316 g/mol. The Morgan fingerprint density at radius 2 is 2.05 bits per heavy atom. The minimum absolute atomic E-state index is 0.0398. The molecule has 1 saturated carbocycles. The summed E-state index contributed by atoms with van der Waals surface area (Å²) in [5.41, 5.74) is 0. The van der Waals surface area contributed by atoms with Crippen LogP contribution < -0.4 is 5.32 Å². The Bertz CT molecular complexity index is 553. The molecule has 0 radical (unpaired) electrons. The fraction of sp³-hybridized carbons (Fsp3) is 0.714. The normalized spacial score (nSPS) is 23.6. The fourth-order valence-electron chi connectivity index (χ4n) is 2.58. The molecule has 21 heavy (non-hydrogen) atoms. The first kappa shape index (κ1) is 16.5. The number of nitrogens with one attached hydrogen (secondary N) is 1. The molecule has 0 saturated heterocycles. The van der Waals surface area contributed by atoms with Crippen LogP contribution in [0.1, 0.15) is 31.4 Å². The molecule has 0 amide bonds. The minimum atomic E-state index is -3.51. The largest absolute Gasteiger partial charge is 0.447 e. The number of aliphatic hydroxyl groups excluding tert-OH is 1. The smallest absolute Gasteiger partial charge is 0.275 e. The highest BCUT2D eigenvalue weighted by atomic mass is 32.2. The van der Waals surface area contributed by atoms with Crippen LogP contribution in [0.2, 0.25) is 0 Å². The second-order valence-electron chi connectivity index (χ2n) is 5.75. The number of aliphatic hydroxyl groups is 1. The summed E-state index contributed by atoms with van der Waals surface area (Å²) in [6.07, 6.45) is 3.94. The summed E-state index contributed by atoms with van der Waals surface area (Å²) in [4.78, 5) is 0. The number of furan rings is 1. The van der Waals surface area contributed by atoms with Gasteiger partial charge in [0.1, 0.15) is 5.76 Å². The number of nitrogens with zero attached hydrogens (tertiary/aromatic N) is 1. The van der Waals surface area contributed by atoms with Crippen LogP contribution >= 0.6 is 0 Å². The first-order chi connectivity index (χ1) is 9.91. The molecule has 2 atom stereocenters. The van der Waals surface area contributed by atoms with Gasteiger partial charge in [0, 0.05) is 20.6 Å². The molecule has 2 rings (SSSR count). The van der Waals surface area contributed by atoms with E-state index in [0.717, 1.165) is 36.5 Å². The summed E-state index contributed by atoms with van der Waals surface area (Å²) in [5, 5.41) is 13.1. The van der Waals surface area contributed by atoms with Crippen LogP contribution in [0.15, 0.2) is 21.6 Å². The van der Waals surface area contributed by atoms with Gasteiger partial charge in [0.15, 0.2) is 0 Å². The molecule has 2 unspecified atom stereocenters. The Kier molecular flexibility index (Phi) is 5.43. The number of hydrogen-bond acceptors (Lipinski definition) is 5. The average Bonchev–Trinajstić information content (AvgIpc) is 2.90. The van der Waals surface area contributed by atoms with Crippen molar-refractivity contribution in [2.45, 2.75) is 43.4 Å². The van der Waals surface area contributed by atoms with Gasteiger partial charge in [-0.05, 0) is 30.9 Å². The van der Waals surface area contributed by atoms with Crippen LogP contribution in [-0.4, -0.2) is 44.6 Å². The number of sulfonamides is 1. The van der Waals surface area contributed by atoms with Crippen LogP contribution in [0.25, 0.3) is 0 Å². The zero-order chi connectivity index (χ0) is 15.5. The molecule has 2 N–H and O–H groups in total. The molecule has 0 aromatic carbocycles. The maximum atomic E-state index is 11.9. The van der Waals surface area contributed by atoms with Gasteiger partial charge in [-0.2, -0.15) is 0 Å². The lowest BCUT2D eigenvalue weighted by Crippen LogP contribution is -2.33. The van der Waals surface area contributed by atoms with Gasteiger partial charge in [-0.15, -0.1) is 0 Å². The lowest BCUT2D eigenvalue weighted by molar-refractivity contribution is 0.0692. The molecule has 7 heteroatoms. The SMILES string of the molecule is CN(C)S(=O)(=O)c1ccc(CNCC2CCCCC2O)o1. The summed E-state index contributed by atoms with van der Waals surface area (Å²) in [5.74, 6) is 0.861. The standard InChI is InChI=1S/C14H24N2O4S/c1-16(2)21(18,19)14-8-7-12(20-14)10-15-9-11-5-3-4-6-13(11)17/h7-8,11,13,15,17H,3-6,9-10H2,1-2H3. The van der Waals surface area contributed by atoms with E-state index in [1.54, 1.807) is 6.07 Å². The Morgan fingerprint density at radius 1 is 1.33 bits per heavy atom. The summed E-state index contributed by atoms with van der Waals surface area (Å²) >= 11 is 0. The maximum absolute atomic E-state index is 11.9. The Labute approximate surface area is 126 Å². The summed E-state index contributed by atoms with van der Waals surface area (Å²) in [7, 11) is -0.567. The van der Waals surface area contributed by atoms with Crippen molar-refractivity contribution >= 4 is 10.0 Å². The van der Waals surface area contributed by atoms with Crippen molar-refractivity contribution in [2.75, 3.05) is 20.6 Å². The average molecular weight is 316 g/mol. The zero-order valence-electron chi connectivity index (χ0n) is 12.6. The Morgan fingerprint density at radius 3 is 2.71 bits per heavy atom. The quantitative estimate of drug-likeness (QED) is 0.823. The highest BCUT2D eigenvalue weighted by molar-refractivity contribution is 7.88. The van der Waals surface area contributed by atoms with E-state index < -0.39 is 10.0 Å². The van der Waals surface area contributed by atoms with Crippen molar-refractivity contribution in [2.24, 2.45) is 5.92 Å². The van der Waals surface area contributed by atoms with Crippen molar-refractivity contribution in [1.29, 1.82) is 0 Å². The first-order valence-electron chi connectivity index (χ1n) is 7.31. The Balaban J connectivity index is 1.86. The van der Waals surface area contributed by atoms with E-state index in [1.165, 1.54) is 20.2 Å². The third kappa shape index (κ3) is 4.06. The van der Waals surface area contributed by atoms with Crippen molar-refractivity contribution in [3.05, 3.63) is 17.9 Å². The fourth-order valence-corrected chi connectivity index (χ4v) is 3.39. The molecule has 0 bridgehead atoms. The van der Waals surface area contributed by atoms with E-state index in [1.807, 2.05) is 0 Å². The molecule has 0 aliphatic heterocycles. The van der Waals surface area contributed by atoms with Crippen LogP contribution in [0.4, 0.5) is 0 Å². The van der Waals surface area contributed by atoms with E-state index in [9.17, 15) is 13.5 Å². The van der Waals surface area contributed by atoms with Crippen LogP contribution in [0.5, 0.6) is 0 Å². The van der Waals surface area contributed by atoms with Gasteiger partial charge in [-0.25, -0.2) is 12.7 Å². The van der Waals surface area contributed by atoms with Crippen LogP contribution in [-0.2, 0) is 16.6 Å². The molecular formula is C14H24N2O4S. The van der Waals surface area contributed by atoms with E-state index >= 15 is 0 Å². The van der Waals surface area contributed by atoms with Crippen molar-refractivity contribution in [1.82, 2.24) is 9.62 Å². The van der Waals surface area contributed by atoms with Gasteiger partial charge in [0.2, 0.25) is 5.09 Å². The van der Waals surface area contributed by atoms with Gasteiger partial charge in [0.25, 0.3) is 10.0 Å². The van der Waals surface area contributed by atoms with Gasteiger partial charge in [-0.1, -0.05) is 12.8 Å². The molecular weight excluding hydrogens is 292 g/mol. The van der Waals surface area contributed by atoms with Crippen molar-refractivity contribution in [3.8, 4) is 0 Å². The lowest BCUT2D eigenvalue weighted by Gasteiger charge is -2.27. The molecule has 120 valence electrons. The minimum Gasteiger partial charge on any atom is -0.447 e. The molecule has 1 heterocycles. The highest BCUT2D eigenvalue weighted by Crippen LogP contribution is 2.24. The van der Waals surface area contributed by atoms with E-state index in [4.69, 9.17) is 4.42 Å². The van der Waals surface area contributed by atoms with Crippen molar-refractivity contribution < 1.29 is 17.9 Å². The molecule has 1 aliphatic rings. The molecule has 0 spiro atoms. The van der Waals surface area contributed by atoms with Gasteiger partial charge in [0.05, 0.1) is 12.6 Å². The Hall–Kier alpha value is -0.890. The van der Waals surface area contributed by atoms with E-state index in [0.29, 0.717) is 12.3 Å². The topological polar surface area (TPSA) is 82.8 Å². The maximum Gasteiger partial charge on any atom is 0.275 e. The second-order valence-corrected chi connectivity index (χ2v) is 7.83. The van der Waals surface area contributed by atoms with Gasteiger partial charge < -0.3 is 14.8 Å². The third-order valence-corrected chi connectivity index (χ3v) is 5.64. The second kappa shape index (κ2) is 6.91. The highest BCUT2D eigenvalue weighted by Gasteiger charge is 2.23. The third-order valence-electron chi connectivity index (χ3n) is 3.95.